The van der Waals surface area contributed by atoms with Gasteiger partial charge in [0, 0.05) is 35.9 Å². The van der Waals surface area contributed by atoms with E-state index in [-0.39, 0.29) is 17.7 Å². The van der Waals surface area contributed by atoms with E-state index in [1.54, 1.807) is 0 Å². The highest BCUT2D eigenvalue weighted by molar-refractivity contribution is 5.66. The van der Waals surface area contributed by atoms with Crippen LogP contribution in [-0.2, 0) is 16.6 Å². The summed E-state index contributed by atoms with van der Waals surface area (Å²) < 4.78 is 5.70. The number of aliphatic carboxylic acids is 1. The summed E-state index contributed by atoms with van der Waals surface area (Å²) in [5.41, 5.74) is 2.76. The first-order chi connectivity index (χ1) is 11.4. The lowest BCUT2D eigenvalue weighted by atomic mass is 9.79. The van der Waals surface area contributed by atoms with Gasteiger partial charge in [0.2, 0.25) is 0 Å². The lowest BCUT2D eigenvalue weighted by Crippen LogP contribution is -2.26. The lowest BCUT2D eigenvalue weighted by Gasteiger charge is -2.32. The van der Waals surface area contributed by atoms with Crippen molar-refractivity contribution in [2.45, 2.75) is 32.1 Å². The van der Waals surface area contributed by atoms with Crippen LogP contribution in [0, 0.1) is 11.8 Å². The Labute approximate surface area is 140 Å². The van der Waals surface area contributed by atoms with E-state index in [1.807, 2.05) is 12.1 Å². The van der Waals surface area contributed by atoms with Gasteiger partial charge in [-0.25, -0.2) is 9.97 Å². The molecule has 5 nitrogen and oxygen atoms in total. The van der Waals surface area contributed by atoms with E-state index in [1.165, 1.54) is 18.0 Å². The number of ether oxygens (including phenoxy) is 1. The van der Waals surface area contributed by atoms with E-state index in [2.05, 4.69) is 41.7 Å². The molecule has 0 N–H and O–H groups in total. The van der Waals surface area contributed by atoms with E-state index in [4.69, 9.17) is 4.74 Å². The molecule has 1 aliphatic rings. The fourth-order valence-electron chi connectivity index (χ4n) is 2.60. The van der Waals surface area contributed by atoms with Crippen molar-refractivity contribution < 1.29 is 14.6 Å². The SMILES string of the molecule is CC1(C)CCOc2ccc(C#Cc3cnc(CC(=O)[O-])nc3)cc21. The Hall–Kier alpha value is -2.87. The van der Waals surface area contributed by atoms with Gasteiger partial charge >= 0.3 is 0 Å². The van der Waals surface area contributed by atoms with Crippen molar-refractivity contribution in [1.82, 2.24) is 9.97 Å². The van der Waals surface area contributed by atoms with Gasteiger partial charge in [0.05, 0.1) is 12.2 Å². The van der Waals surface area contributed by atoms with Crippen molar-refractivity contribution in [3.05, 3.63) is 53.1 Å². The number of hydrogen-bond donors (Lipinski definition) is 0. The largest absolute Gasteiger partial charge is 0.550 e. The van der Waals surface area contributed by atoms with Gasteiger partial charge in [0.15, 0.2) is 0 Å². The van der Waals surface area contributed by atoms with Crippen LogP contribution in [0.5, 0.6) is 5.75 Å². The van der Waals surface area contributed by atoms with Gasteiger partial charge in [-0.2, -0.15) is 0 Å². The van der Waals surface area contributed by atoms with Gasteiger partial charge in [-0.15, -0.1) is 0 Å². The van der Waals surface area contributed by atoms with Gasteiger partial charge in [-0.05, 0) is 30.0 Å². The van der Waals surface area contributed by atoms with Gasteiger partial charge in [0.25, 0.3) is 0 Å². The summed E-state index contributed by atoms with van der Waals surface area (Å²) in [7, 11) is 0. The minimum absolute atomic E-state index is 0.0703. The number of carbonyl (C=O) groups is 1. The Balaban J connectivity index is 1.82. The van der Waals surface area contributed by atoms with Crippen molar-refractivity contribution >= 4 is 5.97 Å². The van der Waals surface area contributed by atoms with Crippen LogP contribution in [0.4, 0.5) is 0 Å². The van der Waals surface area contributed by atoms with Gasteiger partial charge in [-0.3, -0.25) is 0 Å². The lowest BCUT2D eigenvalue weighted by molar-refractivity contribution is -0.304. The summed E-state index contributed by atoms with van der Waals surface area (Å²) in [6.07, 6.45) is 3.71. The highest BCUT2D eigenvalue weighted by atomic mass is 16.5. The number of carbonyl (C=O) groups excluding carboxylic acids is 1. The molecule has 1 aliphatic heterocycles. The van der Waals surface area contributed by atoms with Crippen molar-refractivity contribution in [2.24, 2.45) is 0 Å². The van der Waals surface area contributed by atoms with E-state index < -0.39 is 5.97 Å². The smallest absolute Gasteiger partial charge is 0.133 e. The van der Waals surface area contributed by atoms with Crippen LogP contribution in [0.25, 0.3) is 0 Å². The topological polar surface area (TPSA) is 75.1 Å². The molecule has 1 aromatic heterocycles. The quantitative estimate of drug-likeness (QED) is 0.778. The maximum Gasteiger partial charge on any atom is 0.133 e. The molecule has 0 amide bonds. The monoisotopic (exact) mass is 321 g/mol. The summed E-state index contributed by atoms with van der Waals surface area (Å²) in [6.45, 7) is 5.14. The third-order valence-corrected chi connectivity index (χ3v) is 4.05. The molecule has 122 valence electrons. The molecule has 0 spiro atoms. The molecular weight excluding hydrogens is 304 g/mol. The van der Waals surface area contributed by atoms with Crippen LogP contribution in [-0.4, -0.2) is 22.5 Å². The zero-order valence-corrected chi connectivity index (χ0v) is 13.6. The predicted octanol–water partition coefficient (Wildman–Crippen LogP) is 1.23. The number of carboxylic acids is 1. The number of benzene rings is 1. The van der Waals surface area contributed by atoms with Crippen molar-refractivity contribution in [3.8, 4) is 17.6 Å². The first kappa shape index (κ1) is 16.0. The molecule has 5 heteroatoms. The van der Waals surface area contributed by atoms with Gasteiger partial charge in [0.1, 0.15) is 11.6 Å². The molecule has 0 bridgehead atoms. The molecule has 0 radical (unpaired) electrons. The Bertz CT molecular complexity index is 830. The predicted molar refractivity (Wildman–Crippen MR) is 86.3 cm³/mol. The molecule has 0 aliphatic carbocycles. The Kier molecular flexibility index (Phi) is 4.22. The summed E-state index contributed by atoms with van der Waals surface area (Å²) in [6, 6.07) is 5.95. The maximum atomic E-state index is 10.5. The Morgan fingerprint density at radius 1 is 1.25 bits per heavy atom. The van der Waals surface area contributed by atoms with E-state index in [0.29, 0.717) is 5.56 Å². The first-order valence-corrected chi connectivity index (χ1v) is 7.74. The third kappa shape index (κ3) is 3.54. The standard InChI is InChI=1S/C19H18N2O3/c1-19(2)7-8-24-16-6-5-13(9-15(16)19)3-4-14-11-20-17(21-12-14)10-18(22)23/h5-6,9,11-12H,7-8,10H2,1-2H3,(H,22,23)/p-1. The van der Waals surface area contributed by atoms with Crippen molar-refractivity contribution in [3.63, 3.8) is 0 Å². The molecule has 2 aromatic rings. The average molecular weight is 321 g/mol. The second-order valence-corrected chi connectivity index (χ2v) is 6.38. The normalized spacial score (nSPS) is 14.8. The van der Waals surface area contributed by atoms with Crippen LogP contribution in [0.15, 0.2) is 30.6 Å². The molecule has 0 fully saturated rings. The summed E-state index contributed by atoms with van der Waals surface area (Å²) in [4.78, 5) is 18.4. The molecule has 1 aromatic carbocycles. The van der Waals surface area contributed by atoms with Crippen LogP contribution in [0.3, 0.4) is 0 Å². The minimum atomic E-state index is -1.20. The van der Waals surface area contributed by atoms with Gasteiger partial charge < -0.3 is 14.6 Å². The zero-order chi connectivity index (χ0) is 17.2. The molecule has 24 heavy (non-hydrogen) atoms. The highest BCUT2D eigenvalue weighted by Gasteiger charge is 2.28. The molecule has 0 saturated heterocycles. The second-order valence-electron chi connectivity index (χ2n) is 6.38. The number of hydrogen-bond acceptors (Lipinski definition) is 5. The minimum Gasteiger partial charge on any atom is -0.550 e. The number of carboxylic acid groups (broad SMARTS) is 1. The number of rotatable bonds is 2. The summed E-state index contributed by atoms with van der Waals surface area (Å²) >= 11 is 0. The molecule has 0 atom stereocenters. The maximum absolute atomic E-state index is 10.5. The van der Waals surface area contributed by atoms with Crippen molar-refractivity contribution in [2.75, 3.05) is 6.61 Å². The average Bonchev–Trinajstić information content (AvgIpc) is 2.54. The van der Waals surface area contributed by atoms with Crippen LogP contribution in [0.1, 0.15) is 42.8 Å². The molecule has 0 unspecified atom stereocenters. The van der Waals surface area contributed by atoms with E-state index in [9.17, 15) is 9.90 Å². The van der Waals surface area contributed by atoms with Gasteiger partial charge in [-0.1, -0.05) is 25.7 Å². The Morgan fingerprint density at radius 3 is 2.67 bits per heavy atom. The number of fused-ring (bicyclic) bond motifs is 1. The van der Waals surface area contributed by atoms with Crippen LogP contribution in [0.2, 0.25) is 0 Å². The number of aromatic nitrogens is 2. The fourth-order valence-corrected chi connectivity index (χ4v) is 2.60. The third-order valence-electron chi connectivity index (χ3n) is 4.05. The van der Waals surface area contributed by atoms with E-state index >= 15 is 0 Å². The zero-order valence-electron chi connectivity index (χ0n) is 13.6. The van der Waals surface area contributed by atoms with Crippen LogP contribution < -0.4 is 9.84 Å². The first-order valence-electron chi connectivity index (χ1n) is 7.74. The second kappa shape index (κ2) is 6.32. The molecule has 0 saturated carbocycles. The van der Waals surface area contributed by atoms with E-state index in [0.717, 1.165) is 24.3 Å². The summed E-state index contributed by atoms with van der Waals surface area (Å²) in [5, 5.41) is 10.5. The molecule has 2 heterocycles. The Morgan fingerprint density at radius 2 is 1.96 bits per heavy atom. The highest BCUT2D eigenvalue weighted by Crippen LogP contribution is 2.38. The molecule has 3 rings (SSSR count). The fraction of sp³-hybridized carbons (Fsp3) is 0.316. The number of nitrogens with zero attached hydrogens (tertiary/aromatic N) is 2. The van der Waals surface area contributed by atoms with Crippen LogP contribution >= 0.6 is 0 Å². The molecular formula is C19H17N2O3-. The summed E-state index contributed by atoms with van der Waals surface area (Å²) in [5.74, 6) is 6.03. The van der Waals surface area contributed by atoms with Crippen molar-refractivity contribution in [1.29, 1.82) is 0 Å².